The highest BCUT2D eigenvalue weighted by Gasteiger charge is 2.20. The van der Waals surface area contributed by atoms with Crippen molar-refractivity contribution in [2.75, 3.05) is 39.8 Å². The molecule has 1 aliphatic rings. The van der Waals surface area contributed by atoms with Crippen molar-refractivity contribution in [1.29, 1.82) is 0 Å². The SMILES string of the molecule is CCN(C)CCNCC(O)COC1CCCC(C)C1. The van der Waals surface area contributed by atoms with Gasteiger partial charge in [0.2, 0.25) is 0 Å². The van der Waals surface area contributed by atoms with E-state index < -0.39 is 0 Å². The quantitative estimate of drug-likeness (QED) is 0.624. The molecule has 1 fully saturated rings. The largest absolute Gasteiger partial charge is 0.389 e. The third-order valence-electron chi connectivity index (χ3n) is 4.00. The molecule has 4 nitrogen and oxygen atoms in total. The lowest BCUT2D eigenvalue weighted by molar-refractivity contribution is -0.0306. The monoisotopic (exact) mass is 272 g/mol. The minimum absolute atomic E-state index is 0.365. The van der Waals surface area contributed by atoms with Crippen LogP contribution in [0, 0.1) is 5.92 Å². The first kappa shape index (κ1) is 16.9. The van der Waals surface area contributed by atoms with Crippen LogP contribution in [0.4, 0.5) is 0 Å². The molecular weight excluding hydrogens is 240 g/mol. The van der Waals surface area contributed by atoms with Gasteiger partial charge in [-0.25, -0.2) is 0 Å². The van der Waals surface area contributed by atoms with E-state index in [1.165, 1.54) is 12.8 Å². The van der Waals surface area contributed by atoms with Crippen molar-refractivity contribution in [3.8, 4) is 0 Å². The van der Waals surface area contributed by atoms with Gasteiger partial charge in [0.1, 0.15) is 0 Å². The fraction of sp³-hybridized carbons (Fsp3) is 1.00. The van der Waals surface area contributed by atoms with Gasteiger partial charge in [0.15, 0.2) is 0 Å². The van der Waals surface area contributed by atoms with Gasteiger partial charge in [-0.3, -0.25) is 0 Å². The minimum Gasteiger partial charge on any atom is -0.389 e. The van der Waals surface area contributed by atoms with E-state index in [9.17, 15) is 5.11 Å². The van der Waals surface area contributed by atoms with Crippen molar-refractivity contribution in [3.05, 3.63) is 0 Å². The molecule has 0 heterocycles. The van der Waals surface area contributed by atoms with Crippen LogP contribution in [0.1, 0.15) is 39.5 Å². The van der Waals surface area contributed by atoms with Gasteiger partial charge in [-0.05, 0) is 32.4 Å². The topological polar surface area (TPSA) is 44.7 Å². The van der Waals surface area contributed by atoms with E-state index >= 15 is 0 Å². The summed E-state index contributed by atoms with van der Waals surface area (Å²) in [5.74, 6) is 0.776. The number of aliphatic hydroxyl groups is 1. The Morgan fingerprint density at radius 3 is 2.89 bits per heavy atom. The van der Waals surface area contributed by atoms with E-state index in [0.717, 1.165) is 38.4 Å². The number of hydrogen-bond donors (Lipinski definition) is 2. The normalized spacial score (nSPS) is 25.7. The van der Waals surface area contributed by atoms with E-state index in [-0.39, 0.29) is 6.10 Å². The molecule has 1 rings (SSSR count). The third-order valence-corrected chi connectivity index (χ3v) is 4.00. The first-order valence-electron chi connectivity index (χ1n) is 7.80. The highest BCUT2D eigenvalue weighted by atomic mass is 16.5. The fourth-order valence-corrected chi connectivity index (χ4v) is 2.53. The maximum Gasteiger partial charge on any atom is 0.0897 e. The molecule has 19 heavy (non-hydrogen) atoms. The Morgan fingerprint density at radius 1 is 1.42 bits per heavy atom. The van der Waals surface area contributed by atoms with Crippen molar-refractivity contribution >= 4 is 0 Å². The first-order valence-corrected chi connectivity index (χ1v) is 7.80. The van der Waals surface area contributed by atoms with E-state index in [1.54, 1.807) is 0 Å². The van der Waals surface area contributed by atoms with Crippen molar-refractivity contribution in [1.82, 2.24) is 10.2 Å². The summed E-state index contributed by atoms with van der Waals surface area (Å²) >= 11 is 0. The van der Waals surface area contributed by atoms with Gasteiger partial charge >= 0.3 is 0 Å². The Kier molecular flexibility index (Phi) is 8.62. The van der Waals surface area contributed by atoms with Gasteiger partial charge in [0, 0.05) is 19.6 Å². The van der Waals surface area contributed by atoms with Gasteiger partial charge in [-0.2, -0.15) is 0 Å². The van der Waals surface area contributed by atoms with Crippen LogP contribution in [0.15, 0.2) is 0 Å². The Labute approximate surface area is 118 Å². The van der Waals surface area contributed by atoms with Crippen molar-refractivity contribution in [2.24, 2.45) is 5.92 Å². The van der Waals surface area contributed by atoms with Gasteiger partial charge in [0.25, 0.3) is 0 Å². The second kappa shape index (κ2) is 9.70. The molecule has 2 N–H and O–H groups in total. The van der Waals surface area contributed by atoms with Gasteiger partial charge in [-0.1, -0.05) is 26.7 Å². The second-order valence-electron chi connectivity index (χ2n) is 5.98. The average molecular weight is 272 g/mol. The molecule has 0 radical (unpaired) electrons. The van der Waals surface area contributed by atoms with Crippen LogP contribution in [0.5, 0.6) is 0 Å². The van der Waals surface area contributed by atoms with Gasteiger partial charge < -0.3 is 20.1 Å². The third kappa shape index (κ3) is 7.88. The number of rotatable bonds is 9. The highest BCUT2D eigenvalue weighted by molar-refractivity contribution is 4.71. The zero-order valence-corrected chi connectivity index (χ0v) is 12.9. The summed E-state index contributed by atoms with van der Waals surface area (Å²) in [7, 11) is 2.10. The predicted octanol–water partition coefficient (Wildman–Crippen LogP) is 1.48. The molecule has 3 atom stereocenters. The van der Waals surface area contributed by atoms with Crippen LogP contribution >= 0.6 is 0 Å². The molecular formula is C15H32N2O2. The molecule has 0 aromatic carbocycles. The summed E-state index contributed by atoms with van der Waals surface area (Å²) < 4.78 is 5.81. The smallest absolute Gasteiger partial charge is 0.0897 e. The fourth-order valence-electron chi connectivity index (χ4n) is 2.53. The molecule has 0 aromatic heterocycles. The maximum absolute atomic E-state index is 9.87. The molecule has 0 amide bonds. The zero-order chi connectivity index (χ0) is 14.1. The molecule has 0 saturated heterocycles. The summed E-state index contributed by atoms with van der Waals surface area (Å²) in [5.41, 5.74) is 0. The zero-order valence-electron chi connectivity index (χ0n) is 12.9. The van der Waals surface area contributed by atoms with E-state index in [0.29, 0.717) is 19.3 Å². The first-order chi connectivity index (χ1) is 9.11. The molecule has 3 unspecified atom stereocenters. The Bertz CT molecular complexity index is 226. The van der Waals surface area contributed by atoms with Crippen molar-refractivity contribution in [3.63, 3.8) is 0 Å². The number of ether oxygens (including phenoxy) is 1. The molecule has 0 spiro atoms. The van der Waals surface area contributed by atoms with Gasteiger partial charge in [0.05, 0.1) is 18.8 Å². The molecule has 0 aromatic rings. The molecule has 1 aliphatic carbocycles. The molecule has 0 aliphatic heterocycles. The summed E-state index contributed by atoms with van der Waals surface area (Å²) in [4.78, 5) is 2.25. The molecule has 0 bridgehead atoms. The Hall–Kier alpha value is -0.160. The lowest BCUT2D eigenvalue weighted by Gasteiger charge is -2.27. The lowest BCUT2D eigenvalue weighted by atomic mass is 9.89. The van der Waals surface area contributed by atoms with Crippen molar-refractivity contribution < 1.29 is 9.84 Å². The van der Waals surface area contributed by atoms with E-state index in [4.69, 9.17) is 4.74 Å². The second-order valence-corrected chi connectivity index (χ2v) is 5.98. The molecule has 1 saturated carbocycles. The van der Waals surface area contributed by atoms with Crippen LogP contribution < -0.4 is 5.32 Å². The van der Waals surface area contributed by atoms with Crippen molar-refractivity contribution in [2.45, 2.75) is 51.7 Å². The summed E-state index contributed by atoms with van der Waals surface area (Å²) in [6.45, 7) is 8.53. The van der Waals surface area contributed by atoms with Crippen LogP contribution in [0.2, 0.25) is 0 Å². The van der Waals surface area contributed by atoms with Crippen LogP contribution in [0.3, 0.4) is 0 Å². The summed E-state index contributed by atoms with van der Waals surface area (Å²) in [6.07, 6.45) is 4.89. The minimum atomic E-state index is -0.385. The predicted molar refractivity (Wildman–Crippen MR) is 79.4 cm³/mol. The maximum atomic E-state index is 9.87. The van der Waals surface area contributed by atoms with Crippen LogP contribution in [0.25, 0.3) is 0 Å². The number of nitrogens with one attached hydrogen (secondary N) is 1. The number of nitrogens with zero attached hydrogens (tertiary/aromatic N) is 1. The average Bonchev–Trinajstić information content (AvgIpc) is 2.41. The van der Waals surface area contributed by atoms with E-state index in [2.05, 4.69) is 31.1 Å². The van der Waals surface area contributed by atoms with E-state index in [1.807, 2.05) is 0 Å². The van der Waals surface area contributed by atoms with Crippen LogP contribution in [-0.4, -0.2) is 62.0 Å². The summed E-state index contributed by atoms with van der Waals surface area (Å²) in [6, 6.07) is 0. The number of aliphatic hydroxyl groups excluding tert-OH is 1. The summed E-state index contributed by atoms with van der Waals surface area (Å²) in [5, 5.41) is 13.1. The molecule has 4 heteroatoms. The molecule has 114 valence electrons. The highest BCUT2D eigenvalue weighted by Crippen LogP contribution is 2.25. The Balaban J connectivity index is 1.99. The standard InChI is InChI=1S/C15H32N2O2/c1-4-17(3)9-8-16-11-14(18)12-19-15-7-5-6-13(2)10-15/h13-16,18H,4-12H2,1-3H3. The number of likely N-dealkylation sites (N-methyl/N-ethyl adjacent to an activating group) is 1. The number of hydrogen-bond acceptors (Lipinski definition) is 4. The Morgan fingerprint density at radius 2 is 2.21 bits per heavy atom. The van der Waals surface area contributed by atoms with Gasteiger partial charge in [-0.15, -0.1) is 0 Å². The van der Waals surface area contributed by atoms with Crippen LogP contribution in [-0.2, 0) is 4.74 Å². The lowest BCUT2D eigenvalue weighted by Crippen LogP contribution is -2.36.